The highest BCUT2D eigenvalue weighted by atomic mass is 35.5. The molecule has 164 valence electrons. The van der Waals surface area contributed by atoms with Crippen LogP contribution in [0.2, 0.25) is 5.02 Å². The van der Waals surface area contributed by atoms with Gasteiger partial charge in [0.05, 0.1) is 12.5 Å². The number of halogens is 1. The fourth-order valence-electron chi connectivity index (χ4n) is 4.01. The highest BCUT2D eigenvalue weighted by Crippen LogP contribution is 2.35. The van der Waals surface area contributed by atoms with E-state index < -0.39 is 6.10 Å². The number of nitrogens with one attached hydrogen (secondary N) is 1. The first-order chi connectivity index (χ1) is 15.4. The number of rotatable bonds is 4. The SMILES string of the molecule is Cc1ccccc1CC(=O)Nc1ccc(C(=O)N2CCCC(O)c3cc(Cl)ccc32)cc1. The molecular formula is C26H25ClN2O3. The third-order valence-corrected chi connectivity index (χ3v) is 6.01. The molecular weight excluding hydrogens is 424 g/mol. The lowest BCUT2D eigenvalue weighted by molar-refractivity contribution is -0.115. The summed E-state index contributed by atoms with van der Waals surface area (Å²) in [4.78, 5) is 27.3. The minimum absolute atomic E-state index is 0.106. The van der Waals surface area contributed by atoms with E-state index in [1.807, 2.05) is 31.2 Å². The van der Waals surface area contributed by atoms with Gasteiger partial charge < -0.3 is 15.3 Å². The average molecular weight is 449 g/mol. The molecule has 2 amide bonds. The van der Waals surface area contributed by atoms with Gasteiger partial charge in [0.15, 0.2) is 0 Å². The zero-order valence-corrected chi connectivity index (χ0v) is 18.6. The van der Waals surface area contributed by atoms with Gasteiger partial charge in [-0.25, -0.2) is 0 Å². The molecule has 6 heteroatoms. The Labute approximate surface area is 192 Å². The fraction of sp³-hybridized carbons (Fsp3) is 0.231. The van der Waals surface area contributed by atoms with Crippen LogP contribution in [0.3, 0.4) is 0 Å². The fourth-order valence-corrected chi connectivity index (χ4v) is 4.19. The van der Waals surface area contributed by atoms with Gasteiger partial charge in [0.25, 0.3) is 5.91 Å². The van der Waals surface area contributed by atoms with E-state index in [1.165, 1.54) is 0 Å². The van der Waals surface area contributed by atoms with Crippen molar-refractivity contribution in [3.8, 4) is 0 Å². The third-order valence-electron chi connectivity index (χ3n) is 5.77. The van der Waals surface area contributed by atoms with Crippen molar-refractivity contribution >= 4 is 34.8 Å². The molecule has 0 spiro atoms. The van der Waals surface area contributed by atoms with Crippen LogP contribution in [-0.2, 0) is 11.2 Å². The van der Waals surface area contributed by atoms with Crippen molar-refractivity contribution in [2.24, 2.45) is 0 Å². The molecule has 5 nitrogen and oxygen atoms in total. The molecule has 1 aliphatic heterocycles. The molecule has 0 aliphatic carbocycles. The van der Waals surface area contributed by atoms with Crippen LogP contribution < -0.4 is 10.2 Å². The minimum Gasteiger partial charge on any atom is -0.388 e. The summed E-state index contributed by atoms with van der Waals surface area (Å²) < 4.78 is 0. The van der Waals surface area contributed by atoms with Crippen molar-refractivity contribution < 1.29 is 14.7 Å². The van der Waals surface area contributed by atoms with Gasteiger partial charge in [-0.3, -0.25) is 9.59 Å². The Bertz CT molecular complexity index is 1140. The molecule has 1 unspecified atom stereocenters. The number of fused-ring (bicyclic) bond motifs is 1. The molecule has 0 aromatic heterocycles. The summed E-state index contributed by atoms with van der Waals surface area (Å²) in [6.07, 6.45) is 0.908. The molecule has 3 aromatic rings. The van der Waals surface area contributed by atoms with Crippen LogP contribution >= 0.6 is 11.6 Å². The zero-order valence-electron chi connectivity index (χ0n) is 17.8. The summed E-state index contributed by atoms with van der Waals surface area (Å²) >= 11 is 6.11. The van der Waals surface area contributed by atoms with Crippen molar-refractivity contribution in [3.63, 3.8) is 0 Å². The van der Waals surface area contributed by atoms with E-state index in [-0.39, 0.29) is 11.8 Å². The first-order valence-corrected chi connectivity index (χ1v) is 11.0. The number of aliphatic hydroxyl groups is 1. The van der Waals surface area contributed by atoms with E-state index >= 15 is 0 Å². The van der Waals surface area contributed by atoms with Gasteiger partial charge >= 0.3 is 0 Å². The van der Waals surface area contributed by atoms with E-state index in [2.05, 4.69) is 5.32 Å². The summed E-state index contributed by atoms with van der Waals surface area (Å²) in [5.74, 6) is -0.258. The molecule has 0 saturated carbocycles. The van der Waals surface area contributed by atoms with Crippen LogP contribution in [0.4, 0.5) is 11.4 Å². The first-order valence-electron chi connectivity index (χ1n) is 10.7. The molecule has 1 heterocycles. The highest BCUT2D eigenvalue weighted by Gasteiger charge is 2.26. The summed E-state index contributed by atoms with van der Waals surface area (Å²) in [6, 6.07) is 19.9. The number of aryl methyl sites for hydroxylation is 1. The summed E-state index contributed by atoms with van der Waals surface area (Å²) in [7, 11) is 0. The van der Waals surface area contributed by atoms with Gasteiger partial charge in [0.1, 0.15) is 0 Å². The van der Waals surface area contributed by atoms with Gasteiger partial charge in [0.2, 0.25) is 5.91 Å². The van der Waals surface area contributed by atoms with Crippen molar-refractivity contribution in [2.75, 3.05) is 16.8 Å². The Kier molecular flexibility index (Phi) is 6.58. The quantitative estimate of drug-likeness (QED) is 0.568. The molecule has 3 aromatic carbocycles. The molecule has 1 atom stereocenters. The summed E-state index contributed by atoms with van der Waals surface area (Å²) in [5.41, 5.74) is 4.56. The van der Waals surface area contributed by atoms with Gasteiger partial charge in [-0.05, 0) is 73.4 Å². The second kappa shape index (κ2) is 9.55. The number of hydrogen-bond acceptors (Lipinski definition) is 3. The predicted molar refractivity (Wildman–Crippen MR) is 127 cm³/mol. The molecule has 2 N–H and O–H groups in total. The number of hydrogen-bond donors (Lipinski definition) is 2. The van der Waals surface area contributed by atoms with Gasteiger partial charge in [-0.15, -0.1) is 0 Å². The number of carbonyl (C=O) groups excluding carboxylic acids is 2. The maximum Gasteiger partial charge on any atom is 0.258 e. The topological polar surface area (TPSA) is 69.6 Å². The Morgan fingerprint density at radius 3 is 2.59 bits per heavy atom. The van der Waals surface area contributed by atoms with Crippen LogP contribution in [0.5, 0.6) is 0 Å². The molecule has 32 heavy (non-hydrogen) atoms. The van der Waals surface area contributed by atoms with Crippen molar-refractivity contribution in [1.82, 2.24) is 0 Å². The van der Waals surface area contributed by atoms with E-state index in [0.717, 1.165) is 11.1 Å². The van der Waals surface area contributed by atoms with Crippen LogP contribution in [0.15, 0.2) is 66.7 Å². The Hall–Kier alpha value is -3.15. The van der Waals surface area contributed by atoms with Gasteiger partial charge in [0, 0.05) is 34.1 Å². The lowest BCUT2D eigenvalue weighted by Crippen LogP contribution is -2.31. The summed E-state index contributed by atoms with van der Waals surface area (Å²) in [6.45, 7) is 2.50. The Morgan fingerprint density at radius 1 is 1.09 bits per heavy atom. The second-order valence-electron chi connectivity index (χ2n) is 8.05. The van der Waals surface area contributed by atoms with E-state index in [1.54, 1.807) is 47.4 Å². The molecule has 0 radical (unpaired) electrons. The largest absolute Gasteiger partial charge is 0.388 e. The van der Waals surface area contributed by atoms with Crippen molar-refractivity contribution in [2.45, 2.75) is 32.3 Å². The zero-order chi connectivity index (χ0) is 22.7. The molecule has 0 bridgehead atoms. The third kappa shape index (κ3) is 4.85. The minimum atomic E-state index is -0.646. The molecule has 1 aliphatic rings. The monoisotopic (exact) mass is 448 g/mol. The molecule has 0 fully saturated rings. The number of amides is 2. The Balaban J connectivity index is 1.48. The Morgan fingerprint density at radius 2 is 1.84 bits per heavy atom. The highest BCUT2D eigenvalue weighted by molar-refractivity contribution is 6.30. The maximum absolute atomic E-state index is 13.2. The normalized spacial score (nSPS) is 15.6. The van der Waals surface area contributed by atoms with Gasteiger partial charge in [-0.2, -0.15) is 0 Å². The number of aliphatic hydroxyl groups excluding tert-OH is 1. The first kappa shape index (κ1) is 22.1. The van der Waals surface area contributed by atoms with Crippen molar-refractivity contribution in [3.05, 3.63) is 94.0 Å². The smallest absolute Gasteiger partial charge is 0.258 e. The number of anilines is 2. The van der Waals surface area contributed by atoms with E-state index in [9.17, 15) is 14.7 Å². The maximum atomic E-state index is 13.2. The predicted octanol–water partition coefficient (Wildman–Crippen LogP) is 5.30. The van der Waals surface area contributed by atoms with E-state index in [0.29, 0.717) is 53.3 Å². The van der Waals surface area contributed by atoms with E-state index in [4.69, 9.17) is 11.6 Å². The molecule has 0 saturated heterocycles. The standard InChI is InChI=1S/C26H25ClN2O3/c1-17-5-2-3-6-19(17)15-25(31)28-21-11-8-18(9-12-21)26(32)29-14-4-7-24(30)22-16-20(27)10-13-23(22)29/h2-3,5-6,8-13,16,24,30H,4,7,14-15H2,1H3,(H,28,31). The second-order valence-corrected chi connectivity index (χ2v) is 8.48. The van der Waals surface area contributed by atoms with Crippen LogP contribution in [0.25, 0.3) is 0 Å². The lowest BCUT2D eigenvalue weighted by Gasteiger charge is -2.23. The molecule has 4 rings (SSSR count). The van der Waals surface area contributed by atoms with Gasteiger partial charge in [-0.1, -0.05) is 35.9 Å². The van der Waals surface area contributed by atoms with Crippen molar-refractivity contribution in [1.29, 1.82) is 0 Å². The number of benzene rings is 3. The van der Waals surface area contributed by atoms with Crippen LogP contribution in [0, 0.1) is 6.92 Å². The van der Waals surface area contributed by atoms with Crippen LogP contribution in [-0.4, -0.2) is 23.5 Å². The summed E-state index contributed by atoms with van der Waals surface area (Å²) in [5, 5.41) is 13.9. The lowest BCUT2D eigenvalue weighted by atomic mass is 10.0. The van der Waals surface area contributed by atoms with Crippen LogP contribution in [0.1, 0.15) is 46.0 Å². The number of carbonyl (C=O) groups is 2. The average Bonchev–Trinajstić information content (AvgIpc) is 2.94. The number of nitrogens with zero attached hydrogens (tertiary/aromatic N) is 1.